The Morgan fingerprint density at radius 1 is 1.12 bits per heavy atom. The van der Waals surface area contributed by atoms with Gasteiger partial charge in [0.1, 0.15) is 0 Å². The van der Waals surface area contributed by atoms with E-state index in [9.17, 15) is 9.59 Å². The van der Waals surface area contributed by atoms with E-state index in [4.69, 9.17) is 23.2 Å². The third-order valence-electron chi connectivity index (χ3n) is 3.33. The Morgan fingerprint density at radius 2 is 1.83 bits per heavy atom. The highest BCUT2D eigenvalue weighted by atomic mass is 35.5. The summed E-state index contributed by atoms with van der Waals surface area (Å²) in [6.45, 7) is 0.350. The summed E-state index contributed by atoms with van der Waals surface area (Å²) in [6, 6.07) is 11.6. The van der Waals surface area contributed by atoms with Crippen molar-refractivity contribution in [3.8, 4) is 0 Å². The van der Waals surface area contributed by atoms with E-state index in [-0.39, 0.29) is 16.6 Å². The molecule has 2 aromatic rings. The van der Waals surface area contributed by atoms with Crippen molar-refractivity contribution in [3.05, 3.63) is 63.6 Å². The molecule has 24 heavy (non-hydrogen) atoms. The molecule has 2 amide bonds. The molecule has 0 aromatic heterocycles. The average molecular weight is 367 g/mol. The van der Waals surface area contributed by atoms with Crippen molar-refractivity contribution < 1.29 is 14.3 Å². The molecule has 0 aliphatic carbocycles. The van der Waals surface area contributed by atoms with Gasteiger partial charge in [0.05, 0.1) is 17.7 Å². The Hall–Kier alpha value is -2.24. The van der Waals surface area contributed by atoms with Crippen LogP contribution in [-0.2, 0) is 11.3 Å². The van der Waals surface area contributed by atoms with Crippen LogP contribution in [0.5, 0.6) is 0 Å². The Labute approximate surface area is 150 Å². The number of halogens is 2. The molecular formula is C17H16Cl2N2O3. The number of nitrogens with one attached hydrogen (secondary N) is 1. The largest absolute Gasteiger partial charge is 0.465 e. The molecule has 0 heterocycles. The number of hydrogen-bond acceptors (Lipinski definition) is 3. The predicted octanol–water partition coefficient (Wildman–Crippen LogP) is 4.44. The summed E-state index contributed by atoms with van der Waals surface area (Å²) >= 11 is 12.1. The van der Waals surface area contributed by atoms with Gasteiger partial charge in [-0.05, 0) is 29.8 Å². The van der Waals surface area contributed by atoms with E-state index in [0.717, 1.165) is 5.56 Å². The number of methoxy groups -OCH3 is 1. The summed E-state index contributed by atoms with van der Waals surface area (Å²) in [5, 5.41) is 3.55. The number of nitrogens with zero attached hydrogens (tertiary/aromatic N) is 1. The van der Waals surface area contributed by atoms with E-state index in [1.807, 2.05) is 18.2 Å². The lowest BCUT2D eigenvalue weighted by Gasteiger charge is -2.19. The van der Waals surface area contributed by atoms with E-state index in [2.05, 4.69) is 10.1 Å². The fourth-order valence-electron chi connectivity index (χ4n) is 2.04. The molecule has 2 rings (SSSR count). The Bertz CT molecular complexity index is 765. The minimum absolute atomic E-state index is 0.186. The number of carbonyl (C=O) groups is 2. The van der Waals surface area contributed by atoms with Crippen LogP contribution in [0.2, 0.25) is 10.0 Å². The SMILES string of the molecule is COC(=O)c1cc(NC(=O)N(C)Cc2ccccc2Cl)ccc1Cl. The number of benzene rings is 2. The number of ether oxygens (including phenoxy) is 1. The van der Waals surface area contributed by atoms with Gasteiger partial charge >= 0.3 is 12.0 Å². The summed E-state index contributed by atoms with van der Waals surface area (Å²) < 4.78 is 4.66. The van der Waals surface area contributed by atoms with E-state index in [0.29, 0.717) is 17.3 Å². The molecule has 0 spiro atoms. The van der Waals surface area contributed by atoms with E-state index < -0.39 is 5.97 Å². The maximum Gasteiger partial charge on any atom is 0.339 e. The van der Waals surface area contributed by atoms with Crippen molar-refractivity contribution in [2.75, 3.05) is 19.5 Å². The first-order valence-electron chi connectivity index (χ1n) is 7.05. The molecule has 0 fully saturated rings. The number of anilines is 1. The maximum atomic E-state index is 12.3. The minimum Gasteiger partial charge on any atom is -0.465 e. The molecular weight excluding hydrogens is 351 g/mol. The van der Waals surface area contributed by atoms with Gasteiger partial charge in [-0.1, -0.05) is 41.4 Å². The highest BCUT2D eigenvalue weighted by Crippen LogP contribution is 2.22. The van der Waals surface area contributed by atoms with E-state index in [1.54, 1.807) is 19.2 Å². The molecule has 126 valence electrons. The Morgan fingerprint density at radius 3 is 2.50 bits per heavy atom. The molecule has 0 unspecified atom stereocenters. The van der Waals surface area contributed by atoms with Crippen molar-refractivity contribution >= 4 is 40.9 Å². The predicted molar refractivity (Wildman–Crippen MR) is 94.7 cm³/mol. The molecule has 0 bridgehead atoms. The van der Waals surface area contributed by atoms with Crippen LogP contribution in [0.3, 0.4) is 0 Å². The molecule has 0 saturated carbocycles. The number of amides is 2. The number of esters is 1. The number of carbonyl (C=O) groups excluding carboxylic acids is 2. The summed E-state index contributed by atoms with van der Waals surface area (Å²) in [5.41, 5.74) is 1.46. The highest BCUT2D eigenvalue weighted by molar-refractivity contribution is 6.33. The van der Waals surface area contributed by atoms with Gasteiger partial charge in [-0.25, -0.2) is 9.59 Å². The van der Waals surface area contributed by atoms with Gasteiger partial charge in [0.15, 0.2) is 0 Å². The summed E-state index contributed by atoms with van der Waals surface area (Å²) in [7, 11) is 2.91. The van der Waals surface area contributed by atoms with Crippen molar-refractivity contribution in [2.45, 2.75) is 6.54 Å². The van der Waals surface area contributed by atoms with E-state index >= 15 is 0 Å². The summed E-state index contributed by atoms with van der Waals surface area (Å²) in [4.78, 5) is 25.4. The quantitative estimate of drug-likeness (QED) is 0.813. The second kappa shape index (κ2) is 8.04. The van der Waals surface area contributed by atoms with Gasteiger partial charge < -0.3 is 15.0 Å². The molecule has 0 aliphatic rings. The zero-order valence-electron chi connectivity index (χ0n) is 13.2. The first-order valence-corrected chi connectivity index (χ1v) is 7.81. The standard InChI is InChI=1S/C17H16Cl2N2O3/c1-21(10-11-5-3-4-6-14(11)18)17(23)20-12-7-8-15(19)13(9-12)16(22)24-2/h3-9H,10H2,1-2H3,(H,20,23). The van der Waals surface area contributed by atoms with E-state index in [1.165, 1.54) is 24.1 Å². The summed E-state index contributed by atoms with van der Waals surface area (Å²) in [6.07, 6.45) is 0. The van der Waals surface area contributed by atoms with Gasteiger partial charge in [-0.2, -0.15) is 0 Å². The van der Waals surface area contributed by atoms with Gasteiger partial charge in [-0.15, -0.1) is 0 Å². The minimum atomic E-state index is -0.569. The lowest BCUT2D eigenvalue weighted by atomic mass is 10.2. The topological polar surface area (TPSA) is 58.6 Å². The maximum absolute atomic E-state index is 12.3. The van der Waals surface area contributed by atoms with Crippen LogP contribution in [0, 0.1) is 0 Å². The first kappa shape index (κ1) is 18.1. The van der Waals surface area contributed by atoms with Crippen molar-refractivity contribution in [1.82, 2.24) is 4.90 Å². The lowest BCUT2D eigenvalue weighted by molar-refractivity contribution is 0.0601. The lowest BCUT2D eigenvalue weighted by Crippen LogP contribution is -2.31. The van der Waals surface area contributed by atoms with Crippen molar-refractivity contribution in [2.24, 2.45) is 0 Å². The molecule has 0 atom stereocenters. The first-order chi connectivity index (χ1) is 11.4. The average Bonchev–Trinajstić information content (AvgIpc) is 2.57. The molecule has 0 radical (unpaired) electrons. The fraction of sp³-hybridized carbons (Fsp3) is 0.176. The molecule has 7 heteroatoms. The monoisotopic (exact) mass is 366 g/mol. The zero-order chi connectivity index (χ0) is 17.7. The van der Waals surface area contributed by atoms with Crippen LogP contribution in [-0.4, -0.2) is 31.1 Å². The van der Waals surface area contributed by atoms with Gasteiger partial charge in [0.2, 0.25) is 0 Å². The van der Waals surface area contributed by atoms with Gasteiger partial charge in [0.25, 0.3) is 0 Å². The van der Waals surface area contributed by atoms with Crippen molar-refractivity contribution in [3.63, 3.8) is 0 Å². The third-order valence-corrected chi connectivity index (χ3v) is 4.03. The second-order valence-corrected chi connectivity index (χ2v) is 5.88. The van der Waals surface area contributed by atoms with Crippen LogP contribution in [0.15, 0.2) is 42.5 Å². The zero-order valence-corrected chi connectivity index (χ0v) is 14.7. The Kier molecular flexibility index (Phi) is 6.06. The third kappa shape index (κ3) is 4.40. The Balaban J connectivity index is 2.09. The molecule has 1 N–H and O–H groups in total. The molecule has 5 nitrogen and oxygen atoms in total. The second-order valence-electron chi connectivity index (χ2n) is 5.06. The van der Waals surface area contributed by atoms with Crippen LogP contribution >= 0.6 is 23.2 Å². The molecule has 2 aromatic carbocycles. The fourth-order valence-corrected chi connectivity index (χ4v) is 2.43. The highest BCUT2D eigenvalue weighted by Gasteiger charge is 2.15. The van der Waals surface area contributed by atoms with Crippen LogP contribution in [0.25, 0.3) is 0 Å². The molecule has 0 saturated heterocycles. The number of hydrogen-bond donors (Lipinski definition) is 1. The smallest absolute Gasteiger partial charge is 0.339 e. The normalized spacial score (nSPS) is 10.2. The van der Waals surface area contributed by atoms with Crippen LogP contribution in [0.4, 0.5) is 10.5 Å². The van der Waals surface area contributed by atoms with Crippen LogP contribution < -0.4 is 5.32 Å². The number of urea groups is 1. The van der Waals surface area contributed by atoms with Gasteiger partial charge in [0, 0.05) is 24.3 Å². The molecule has 0 aliphatic heterocycles. The van der Waals surface area contributed by atoms with Gasteiger partial charge in [-0.3, -0.25) is 0 Å². The summed E-state index contributed by atoms with van der Waals surface area (Å²) in [5.74, 6) is -0.569. The van der Waals surface area contributed by atoms with Crippen LogP contribution in [0.1, 0.15) is 15.9 Å². The number of rotatable bonds is 4. The van der Waals surface area contributed by atoms with Crippen molar-refractivity contribution in [1.29, 1.82) is 0 Å².